The summed E-state index contributed by atoms with van der Waals surface area (Å²) in [7, 11) is -3.81. The van der Waals surface area contributed by atoms with Crippen molar-refractivity contribution in [3.05, 3.63) is 57.8 Å². The minimum atomic E-state index is -3.81. The first-order valence-electron chi connectivity index (χ1n) is 8.21. The summed E-state index contributed by atoms with van der Waals surface area (Å²) in [6, 6.07) is 8.73. The fourth-order valence-corrected chi connectivity index (χ4v) is 5.27. The molecule has 144 valence electrons. The normalized spacial score (nSPS) is 15.8. The van der Waals surface area contributed by atoms with Crippen LogP contribution in [-0.2, 0) is 10.0 Å². The average molecular weight is 431 g/mol. The average Bonchev–Trinajstić information content (AvgIpc) is 2.63. The third-order valence-corrected chi connectivity index (χ3v) is 7.05. The van der Waals surface area contributed by atoms with Crippen LogP contribution in [0.1, 0.15) is 17.3 Å². The van der Waals surface area contributed by atoms with E-state index in [-0.39, 0.29) is 39.4 Å². The van der Waals surface area contributed by atoms with E-state index in [1.807, 2.05) is 4.90 Å². The number of nitrogens with zero attached hydrogens (tertiary/aromatic N) is 2. The van der Waals surface area contributed by atoms with E-state index in [1.54, 1.807) is 6.07 Å². The van der Waals surface area contributed by atoms with Crippen molar-refractivity contribution in [2.75, 3.05) is 31.1 Å². The lowest BCUT2D eigenvalue weighted by atomic mass is 10.1. The Balaban J connectivity index is 1.83. The maximum Gasteiger partial charge on any atom is 0.244 e. The monoisotopic (exact) mass is 430 g/mol. The van der Waals surface area contributed by atoms with Crippen molar-refractivity contribution in [3.63, 3.8) is 0 Å². The Hall–Kier alpha value is -1.67. The quantitative estimate of drug-likeness (QED) is 0.691. The first-order valence-corrected chi connectivity index (χ1v) is 10.4. The molecule has 1 aliphatic heterocycles. The number of ketones is 1. The van der Waals surface area contributed by atoms with Crippen LogP contribution in [-0.4, -0.2) is 44.7 Å². The fourth-order valence-electron chi connectivity index (χ4n) is 3.11. The summed E-state index contributed by atoms with van der Waals surface area (Å²) in [6.45, 7) is 2.31. The van der Waals surface area contributed by atoms with Crippen molar-refractivity contribution < 1.29 is 17.6 Å². The molecule has 2 aromatic rings. The smallest absolute Gasteiger partial charge is 0.244 e. The molecule has 5 nitrogen and oxygen atoms in total. The highest BCUT2D eigenvalue weighted by Crippen LogP contribution is 2.30. The first-order chi connectivity index (χ1) is 12.7. The van der Waals surface area contributed by atoms with Crippen molar-refractivity contribution >= 4 is 44.7 Å². The van der Waals surface area contributed by atoms with E-state index >= 15 is 0 Å². The summed E-state index contributed by atoms with van der Waals surface area (Å²) in [4.78, 5) is 13.6. The van der Waals surface area contributed by atoms with Crippen molar-refractivity contribution in [1.82, 2.24) is 4.31 Å². The summed E-state index contributed by atoms with van der Waals surface area (Å²) < 4.78 is 41.1. The van der Waals surface area contributed by atoms with E-state index in [9.17, 15) is 17.6 Å². The molecule has 9 heteroatoms. The SMILES string of the molecule is CC(=O)c1c(F)cccc1N1CCN(S(=O)(=O)c2cc(Cl)ccc2Cl)CC1. The van der Waals surface area contributed by atoms with E-state index in [2.05, 4.69) is 0 Å². The lowest BCUT2D eigenvalue weighted by Crippen LogP contribution is -2.49. The van der Waals surface area contributed by atoms with Gasteiger partial charge in [-0.05, 0) is 37.3 Å². The second-order valence-corrected chi connectivity index (χ2v) is 8.91. The maximum absolute atomic E-state index is 14.0. The zero-order valence-electron chi connectivity index (χ0n) is 14.5. The van der Waals surface area contributed by atoms with Gasteiger partial charge in [0.05, 0.1) is 16.3 Å². The van der Waals surface area contributed by atoms with Gasteiger partial charge in [-0.25, -0.2) is 12.8 Å². The van der Waals surface area contributed by atoms with E-state index in [0.29, 0.717) is 18.8 Å². The number of halogens is 3. The highest BCUT2D eigenvalue weighted by molar-refractivity contribution is 7.89. The molecule has 0 unspecified atom stereocenters. The molecule has 3 rings (SSSR count). The van der Waals surface area contributed by atoms with E-state index in [4.69, 9.17) is 23.2 Å². The maximum atomic E-state index is 14.0. The Morgan fingerprint density at radius 1 is 1.07 bits per heavy atom. The van der Waals surface area contributed by atoms with Gasteiger partial charge in [0.15, 0.2) is 5.78 Å². The van der Waals surface area contributed by atoms with Crippen LogP contribution >= 0.6 is 23.2 Å². The molecule has 0 N–H and O–H groups in total. The van der Waals surface area contributed by atoms with Gasteiger partial charge in [0.25, 0.3) is 0 Å². The van der Waals surface area contributed by atoms with E-state index in [1.165, 1.54) is 41.6 Å². The molecule has 0 bridgehead atoms. The number of rotatable bonds is 4. The highest BCUT2D eigenvalue weighted by Gasteiger charge is 2.31. The van der Waals surface area contributed by atoms with Gasteiger partial charge in [-0.2, -0.15) is 4.31 Å². The number of hydrogen-bond acceptors (Lipinski definition) is 4. The van der Waals surface area contributed by atoms with Gasteiger partial charge in [-0.1, -0.05) is 29.3 Å². The second kappa shape index (κ2) is 7.75. The summed E-state index contributed by atoms with van der Waals surface area (Å²) in [6.07, 6.45) is 0. The predicted octanol–water partition coefficient (Wildman–Crippen LogP) is 3.85. The second-order valence-electron chi connectivity index (χ2n) is 6.16. The lowest BCUT2D eigenvalue weighted by Gasteiger charge is -2.36. The molecular weight excluding hydrogens is 414 g/mol. The van der Waals surface area contributed by atoms with Gasteiger partial charge in [-0.15, -0.1) is 0 Å². The van der Waals surface area contributed by atoms with Crippen LogP contribution in [0.4, 0.5) is 10.1 Å². The van der Waals surface area contributed by atoms with Crippen LogP contribution in [0.2, 0.25) is 10.0 Å². The summed E-state index contributed by atoms with van der Waals surface area (Å²) in [5, 5.41) is 0.383. The molecule has 0 amide bonds. The summed E-state index contributed by atoms with van der Waals surface area (Å²) in [5.74, 6) is -0.954. The summed E-state index contributed by atoms with van der Waals surface area (Å²) in [5.41, 5.74) is 0.493. The number of Topliss-reactive ketones (excluding diaryl/α,β-unsaturated/α-hetero) is 1. The van der Waals surface area contributed by atoms with Crippen molar-refractivity contribution in [1.29, 1.82) is 0 Å². The van der Waals surface area contributed by atoms with Gasteiger partial charge in [0.1, 0.15) is 10.7 Å². The Labute approximate surface area is 167 Å². The van der Waals surface area contributed by atoms with Gasteiger partial charge in [0.2, 0.25) is 10.0 Å². The minimum Gasteiger partial charge on any atom is -0.368 e. The number of carbonyl (C=O) groups is 1. The molecule has 0 saturated carbocycles. The highest BCUT2D eigenvalue weighted by atomic mass is 35.5. The van der Waals surface area contributed by atoms with Crippen LogP contribution in [0.15, 0.2) is 41.3 Å². The molecule has 1 heterocycles. The minimum absolute atomic E-state index is 0.0201. The third-order valence-electron chi connectivity index (χ3n) is 4.43. The van der Waals surface area contributed by atoms with Crippen LogP contribution in [0.25, 0.3) is 0 Å². The molecule has 0 spiro atoms. The van der Waals surface area contributed by atoms with E-state index < -0.39 is 15.8 Å². The van der Waals surface area contributed by atoms with Crippen molar-refractivity contribution in [2.24, 2.45) is 0 Å². The zero-order chi connectivity index (χ0) is 19.8. The number of sulfonamides is 1. The van der Waals surface area contributed by atoms with Crippen LogP contribution in [0.5, 0.6) is 0 Å². The van der Waals surface area contributed by atoms with Gasteiger partial charge < -0.3 is 4.90 Å². The molecule has 0 aromatic heterocycles. The Kier molecular flexibility index (Phi) is 5.76. The molecule has 1 fully saturated rings. The van der Waals surface area contributed by atoms with E-state index in [0.717, 1.165) is 0 Å². The summed E-state index contributed by atoms with van der Waals surface area (Å²) >= 11 is 12.0. The lowest BCUT2D eigenvalue weighted by molar-refractivity contribution is 0.101. The number of benzene rings is 2. The van der Waals surface area contributed by atoms with Gasteiger partial charge in [-0.3, -0.25) is 4.79 Å². The van der Waals surface area contributed by atoms with Crippen LogP contribution in [0.3, 0.4) is 0 Å². The van der Waals surface area contributed by atoms with Crippen molar-refractivity contribution in [2.45, 2.75) is 11.8 Å². The van der Waals surface area contributed by atoms with Crippen molar-refractivity contribution in [3.8, 4) is 0 Å². The first kappa shape index (κ1) is 20.1. The standard InChI is InChI=1S/C18H17Cl2FN2O3S/c1-12(24)18-15(21)3-2-4-16(18)22-7-9-23(10-8-22)27(25,26)17-11-13(19)5-6-14(17)20/h2-6,11H,7-10H2,1H3. The number of anilines is 1. The molecule has 0 atom stereocenters. The molecular formula is C18H17Cl2FN2O3S. The zero-order valence-corrected chi connectivity index (χ0v) is 16.8. The van der Waals surface area contributed by atoms with Gasteiger partial charge >= 0.3 is 0 Å². The number of carbonyl (C=O) groups excluding carboxylic acids is 1. The molecule has 1 aliphatic rings. The van der Waals surface area contributed by atoms with Crippen LogP contribution < -0.4 is 4.90 Å². The predicted molar refractivity (Wildman–Crippen MR) is 104 cm³/mol. The Morgan fingerprint density at radius 3 is 2.37 bits per heavy atom. The molecule has 0 radical (unpaired) electrons. The third kappa shape index (κ3) is 3.96. The Bertz CT molecular complexity index is 990. The topological polar surface area (TPSA) is 57.7 Å². The molecule has 2 aromatic carbocycles. The fraction of sp³-hybridized carbons (Fsp3) is 0.278. The Morgan fingerprint density at radius 2 is 1.74 bits per heavy atom. The van der Waals surface area contributed by atoms with Gasteiger partial charge in [0, 0.05) is 31.2 Å². The largest absolute Gasteiger partial charge is 0.368 e. The number of hydrogen-bond donors (Lipinski definition) is 0. The number of piperazine rings is 1. The molecule has 27 heavy (non-hydrogen) atoms. The van der Waals surface area contributed by atoms with Crippen LogP contribution in [0, 0.1) is 5.82 Å². The molecule has 1 saturated heterocycles. The molecule has 0 aliphatic carbocycles.